The highest BCUT2D eigenvalue weighted by Gasteiger charge is 2.37. The molecule has 1 saturated heterocycles. The lowest BCUT2D eigenvalue weighted by Crippen LogP contribution is -2.36. The van der Waals surface area contributed by atoms with Gasteiger partial charge in [0.25, 0.3) is 11.1 Å². The molecule has 1 aliphatic rings. The van der Waals surface area contributed by atoms with Gasteiger partial charge in [-0.2, -0.15) is 0 Å². The number of hydrogen-bond acceptors (Lipinski definition) is 3. The van der Waals surface area contributed by atoms with Gasteiger partial charge >= 0.3 is 0 Å². The number of hydrogen-bond donors (Lipinski definition) is 0. The average Bonchev–Trinajstić information content (AvgIpc) is 2.94. The maximum absolute atomic E-state index is 12.8. The van der Waals surface area contributed by atoms with Crippen LogP contribution in [0.15, 0.2) is 59.5 Å². The molecule has 0 unspecified atom stereocenters. The standard InChI is InChI=1S/C22H19NO2S/c1-3-14(2)23-21(24)20(26-22(23)25)13-19-17-10-6-4-8-15(17)12-16-9-5-7-11-18(16)19/h4-14H,3H2,1-2H3/b20-13+/t14-/m0/s1. The van der Waals surface area contributed by atoms with Crippen LogP contribution in [0.2, 0.25) is 0 Å². The van der Waals surface area contributed by atoms with E-state index in [1.165, 1.54) is 4.90 Å². The molecule has 1 heterocycles. The molecule has 1 aliphatic heterocycles. The molecule has 3 aromatic carbocycles. The van der Waals surface area contributed by atoms with E-state index >= 15 is 0 Å². The number of carbonyl (C=O) groups is 2. The molecule has 0 spiro atoms. The summed E-state index contributed by atoms with van der Waals surface area (Å²) in [5.74, 6) is -0.189. The molecule has 1 fully saturated rings. The summed E-state index contributed by atoms with van der Waals surface area (Å²) in [7, 11) is 0. The van der Waals surface area contributed by atoms with E-state index in [1.807, 2.05) is 44.2 Å². The van der Waals surface area contributed by atoms with Crippen molar-refractivity contribution in [2.45, 2.75) is 26.3 Å². The summed E-state index contributed by atoms with van der Waals surface area (Å²) in [4.78, 5) is 27.0. The fourth-order valence-electron chi connectivity index (χ4n) is 3.38. The third kappa shape index (κ3) is 2.71. The van der Waals surface area contributed by atoms with Gasteiger partial charge in [-0.05, 0) is 64.4 Å². The summed E-state index contributed by atoms with van der Waals surface area (Å²) in [5.41, 5.74) is 0.994. The lowest BCUT2D eigenvalue weighted by atomic mass is 9.96. The number of fused-ring (bicyclic) bond motifs is 2. The molecule has 4 heteroatoms. The van der Waals surface area contributed by atoms with E-state index in [2.05, 4.69) is 30.3 Å². The largest absolute Gasteiger partial charge is 0.293 e. The second-order valence-corrected chi connectivity index (χ2v) is 7.53. The molecule has 26 heavy (non-hydrogen) atoms. The zero-order chi connectivity index (χ0) is 18.3. The molecular formula is C22H19NO2S. The fraction of sp³-hybridized carbons (Fsp3) is 0.182. The van der Waals surface area contributed by atoms with Crippen LogP contribution in [0, 0.1) is 0 Å². The number of rotatable bonds is 3. The van der Waals surface area contributed by atoms with Gasteiger partial charge in [0.05, 0.1) is 4.91 Å². The molecule has 0 bridgehead atoms. The lowest BCUT2D eigenvalue weighted by molar-refractivity contribution is -0.124. The summed E-state index contributed by atoms with van der Waals surface area (Å²) in [6.07, 6.45) is 2.64. The van der Waals surface area contributed by atoms with Crippen molar-refractivity contribution in [1.82, 2.24) is 4.90 Å². The normalized spacial score (nSPS) is 17.6. The Morgan fingerprint density at radius 1 is 1.00 bits per heavy atom. The highest BCUT2D eigenvalue weighted by Crippen LogP contribution is 2.37. The van der Waals surface area contributed by atoms with Crippen LogP contribution in [0.1, 0.15) is 25.8 Å². The van der Waals surface area contributed by atoms with Crippen LogP contribution in [0.25, 0.3) is 27.6 Å². The number of nitrogens with zero attached hydrogens (tertiary/aromatic N) is 1. The number of thioether (sulfide) groups is 1. The van der Waals surface area contributed by atoms with Crippen molar-refractivity contribution >= 4 is 50.5 Å². The van der Waals surface area contributed by atoms with Gasteiger partial charge in [-0.15, -0.1) is 0 Å². The Labute approximate surface area is 156 Å². The summed E-state index contributed by atoms with van der Waals surface area (Å²) in [6, 6.07) is 18.4. The Kier molecular flexibility index (Phi) is 4.29. The Morgan fingerprint density at radius 3 is 2.15 bits per heavy atom. The number of carbonyl (C=O) groups excluding carboxylic acids is 2. The molecule has 2 amide bonds. The molecule has 0 aromatic heterocycles. The van der Waals surface area contributed by atoms with Gasteiger partial charge in [0, 0.05) is 6.04 Å². The van der Waals surface area contributed by atoms with Gasteiger partial charge in [0.15, 0.2) is 0 Å². The van der Waals surface area contributed by atoms with E-state index < -0.39 is 0 Å². The van der Waals surface area contributed by atoms with Gasteiger partial charge in [-0.3, -0.25) is 14.5 Å². The Morgan fingerprint density at radius 2 is 1.58 bits per heavy atom. The quantitative estimate of drug-likeness (QED) is 0.435. The first-order valence-corrected chi connectivity index (χ1v) is 9.59. The van der Waals surface area contributed by atoms with E-state index in [4.69, 9.17) is 0 Å². The van der Waals surface area contributed by atoms with E-state index in [9.17, 15) is 9.59 Å². The van der Waals surface area contributed by atoms with Crippen molar-refractivity contribution < 1.29 is 9.59 Å². The molecule has 4 rings (SSSR count). The number of benzene rings is 3. The van der Waals surface area contributed by atoms with E-state index in [-0.39, 0.29) is 17.2 Å². The maximum atomic E-state index is 12.8. The smallest absolute Gasteiger partial charge is 0.268 e. The second-order valence-electron chi connectivity index (χ2n) is 6.54. The average molecular weight is 361 g/mol. The number of imide groups is 1. The van der Waals surface area contributed by atoms with E-state index in [0.717, 1.165) is 45.3 Å². The van der Waals surface area contributed by atoms with E-state index in [1.54, 1.807) is 0 Å². The van der Waals surface area contributed by atoms with Crippen molar-refractivity contribution in [3.05, 3.63) is 65.1 Å². The van der Waals surface area contributed by atoms with Gasteiger partial charge in [0.2, 0.25) is 0 Å². The Balaban J connectivity index is 1.92. The van der Waals surface area contributed by atoms with Crippen LogP contribution < -0.4 is 0 Å². The second kappa shape index (κ2) is 6.61. The van der Waals surface area contributed by atoms with Crippen molar-refractivity contribution in [2.75, 3.05) is 0 Å². The highest BCUT2D eigenvalue weighted by molar-refractivity contribution is 8.18. The minimum Gasteiger partial charge on any atom is -0.268 e. The van der Waals surface area contributed by atoms with Crippen molar-refractivity contribution in [3.8, 4) is 0 Å². The molecule has 1 atom stereocenters. The summed E-state index contributed by atoms with van der Waals surface area (Å²) < 4.78 is 0. The SMILES string of the molecule is CC[C@H](C)N1C(=O)S/C(=C/c2c3ccccc3cc3ccccc23)C1=O. The van der Waals surface area contributed by atoms with Crippen LogP contribution >= 0.6 is 11.8 Å². The topological polar surface area (TPSA) is 37.4 Å². The van der Waals surface area contributed by atoms with Crippen LogP contribution in [0.5, 0.6) is 0 Å². The molecule has 0 aliphatic carbocycles. The zero-order valence-corrected chi connectivity index (χ0v) is 15.5. The highest BCUT2D eigenvalue weighted by atomic mass is 32.2. The monoisotopic (exact) mass is 361 g/mol. The first-order chi connectivity index (χ1) is 12.6. The summed E-state index contributed by atoms with van der Waals surface area (Å²) in [5, 5.41) is 4.24. The Bertz CT molecular complexity index is 1020. The van der Waals surface area contributed by atoms with Crippen molar-refractivity contribution in [2.24, 2.45) is 0 Å². The van der Waals surface area contributed by atoms with Crippen LogP contribution in [-0.4, -0.2) is 22.1 Å². The molecule has 3 nitrogen and oxygen atoms in total. The minimum atomic E-state index is -0.189. The predicted molar refractivity (Wildman–Crippen MR) is 109 cm³/mol. The molecule has 0 saturated carbocycles. The van der Waals surface area contributed by atoms with Gasteiger partial charge < -0.3 is 0 Å². The third-order valence-electron chi connectivity index (χ3n) is 4.94. The van der Waals surface area contributed by atoms with Gasteiger partial charge in [-0.1, -0.05) is 55.5 Å². The Hall–Kier alpha value is -2.59. The molecule has 3 aromatic rings. The van der Waals surface area contributed by atoms with Crippen LogP contribution in [-0.2, 0) is 4.79 Å². The fourth-order valence-corrected chi connectivity index (χ4v) is 4.29. The third-order valence-corrected chi connectivity index (χ3v) is 5.83. The van der Waals surface area contributed by atoms with Crippen LogP contribution in [0.3, 0.4) is 0 Å². The molecule has 0 N–H and O–H groups in total. The first-order valence-electron chi connectivity index (χ1n) is 8.77. The molecule has 0 radical (unpaired) electrons. The molecule has 130 valence electrons. The maximum Gasteiger partial charge on any atom is 0.293 e. The van der Waals surface area contributed by atoms with Gasteiger partial charge in [0.1, 0.15) is 0 Å². The van der Waals surface area contributed by atoms with Crippen molar-refractivity contribution in [3.63, 3.8) is 0 Å². The number of amides is 2. The first kappa shape index (κ1) is 16.9. The summed E-state index contributed by atoms with van der Waals surface area (Å²) >= 11 is 1.04. The molecular weight excluding hydrogens is 342 g/mol. The van der Waals surface area contributed by atoms with Crippen molar-refractivity contribution in [1.29, 1.82) is 0 Å². The predicted octanol–water partition coefficient (Wildman–Crippen LogP) is 5.83. The zero-order valence-electron chi connectivity index (χ0n) is 14.7. The van der Waals surface area contributed by atoms with Gasteiger partial charge in [-0.25, -0.2) is 0 Å². The summed E-state index contributed by atoms with van der Waals surface area (Å²) in [6.45, 7) is 3.89. The van der Waals surface area contributed by atoms with E-state index in [0.29, 0.717) is 4.91 Å². The van der Waals surface area contributed by atoms with Crippen LogP contribution in [0.4, 0.5) is 4.79 Å². The lowest BCUT2D eigenvalue weighted by Gasteiger charge is -2.19. The minimum absolute atomic E-state index is 0.0855.